The monoisotopic (exact) mass is 266 g/mol. The van der Waals surface area contributed by atoms with Crippen LogP contribution < -0.4 is 5.46 Å². The van der Waals surface area contributed by atoms with Gasteiger partial charge in [-0.3, -0.25) is 4.90 Å². The molecule has 0 spiro atoms. The van der Waals surface area contributed by atoms with E-state index in [0.29, 0.717) is 6.54 Å². The number of rotatable bonds is 4. The molecule has 1 fully saturated rings. The standard InChI is InChI=1S/C13H20BFN2O2/c1-2-16-3-5-17(6-4-16)10-11-7-12(14(18)19)9-13(15)8-11/h7-9,18-19H,2-6,10H2,1H3. The van der Waals surface area contributed by atoms with Crippen LogP contribution in [-0.2, 0) is 6.54 Å². The molecule has 0 unspecified atom stereocenters. The maximum absolute atomic E-state index is 13.4. The van der Waals surface area contributed by atoms with Crippen molar-refractivity contribution < 1.29 is 14.4 Å². The molecule has 0 amide bonds. The smallest absolute Gasteiger partial charge is 0.423 e. The van der Waals surface area contributed by atoms with Gasteiger partial charge in [0, 0.05) is 32.7 Å². The van der Waals surface area contributed by atoms with Crippen LogP contribution in [0.15, 0.2) is 18.2 Å². The number of halogens is 1. The lowest BCUT2D eigenvalue weighted by atomic mass is 9.79. The first-order chi connectivity index (χ1) is 9.08. The summed E-state index contributed by atoms with van der Waals surface area (Å²) in [5, 5.41) is 18.2. The molecule has 104 valence electrons. The Bertz CT molecular complexity index is 423. The van der Waals surface area contributed by atoms with Gasteiger partial charge in [0.05, 0.1) is 0 Å². The maximum Gasteiger partial charge on any atom is 0.488 e. The predicted molar refractivity (Wildman–Crippen MR) is 73.6 cm³/mol. The van der Waals surface area contributed by atoms with Gasteiger partial charge in [-0.25, -0.2) is 4.39 Å². The van der Waals surface area contributed by atoms with Crippen LogP contribution in [0.4, 0.5) is 4.39 Å². The largest absolute Gasteiger partial charge is 0.488 e. The van der Waals surface area contributed by atoms with E-state index in [1.807, 2.05) is 0 Å². The fourth-order valence-corrected chi connectivity index (χ4v) is 2.44. The molecular weight excluding hydrogens is 246 g/mol. The Morgan fingerprint density at radius 1 is 1.11 bits per heavy atom. The molecule has 4 nitrogen and oxygen atoms in total. The van der Waals surface area contributed by atoms with E-state index in [1.165, 1.54) is 6.07 Å². The Balaban J connectivity index is 1.99. The first-order valence-corrected chi connectivity index (χ1v) is 6.68. The average Bonchev–Trinajstić information content (AvgIpc) is 2.39. The second-order valence-corrected chi connectivity index (χ2v) is 4.98. The van der Waals surface area contributed by atoms with Crippen LogP contribution in [0.2, 0.25) is 0 Å². The lowest BCUT2D eigenvalue weighted by molar-refractivity contribution is 0.132. The van der Waals surface area contributed by atoms with Gasteiger partial charge in [-0.15, -0.1) is 0 Å². The summed E-state index contributed by atoms with van der Waals surface area (Å²) in [6, 6.07) is 4.27. The molecule has 1 heterocycles. The minimum atomic E-state index is -1.62. The van der Waals surface area contributed by atoms with Crippen LogP contribution in [0.5, 0.6) is 0 Å². The highest BCUT2D eigenvalue weighted by atomic mass is 19.1. The molecule has 1 aliphatic heterocycles. The highest BCUT2D eigenvalue weighted by Gasteiger charge is 2.17. The zero-order valence-corrected chi connectivity index (χ0v) is 11.2. The van der Waals surface area contributed by atoms with Crippen LogP contribution in [0.1, 0.15) is 12.5 Å². The number of piperazine rings is 1. The van der Waals surface area contributed by atoms with Gasteiger partial charge in [-0.2, -0.15) is 0 Å². The Hall–Kier alpha value is -0.945. The summed E-state index contributed by atoms with van der Waals surface area (Å²) in [5.74, 6) is -0.423. The Morgan fingerprint density at radius 3 is 2.32 bits per heavy atom. The molecule has 0 saturated carbocycles. The summed E-state index contributed by atoms with van der Waals surface area (Å²) in [7, 11) is -1.62. The van der Waals surface area contributed by atoms with Gasteiger partial charge < -0.3 is 14.9 Å². The van der Waals surface area contributed by atoms with Crippen molar-refractivity contribution in [2.24, 2.45) is 0 Å². The van der Waals surface area contributed by atoms with Crippen molar-refractivity contribution in [3.05, 3.63) is 29.6 Å². The molecule has 2 rings (SSSR count). The van der Waals surface area contributed by atoms with Gasteiger partial charge in [0.1, 0.15) is 5.82 Å². The number of hydrogen-bond acceptors (Lipinski definition) is 4. The van der Waals surface area contributed by atoms with Crippen molar-refractivity contribution in [3.63, 3.8) is 0 Å². The third-order valence-corrected chi connectivity index (χ3v) is 3.60. The molecule has 0 atom stereocenters. The van der Waals surface area contributed by atoms with Crippen LogP contribution in [0.3, 0.4) is 0 Å². The molecule has 6 heteroatoms. The van der Waals surface area contributed by atoms with Crippen molar-refractivity contribution in [3.8, 4) is 0 Å². The van der Waals surface area contributed by atoms with Crippen LogP contribution in [-0.4, -0.2) is 59.7 Å². The number of likely N-dealkylation sites (N-methyl/N-ethyl adjacent to an activating group) is 1. The maximum atomic E-state index is 13.4. The molecule has 1 aromatic carbocycles. The van der Waals surface area contributed by atoms with Crippen molar-refractivity contribution in [1.29, 1.82) is 0 Å². The summed E-state index contributed by atoms with van der Waals surface area (Å²) < 4.78 is 13.4. The van der Waals surface area contributed by atoms with Gasteiger partial charge in [-0.1, -0.05) is 13.0 Å². The zero-order valence-electron chi connectivity index (χ0n) is 11.2. The summed E-state index contributed by atoms with van der Waals surface area (Å²) >= 11 is 0. The van der Waals surface area contributed by atoms with Gasteiger partial charge in [0.15, 0.2) is 0 Å². The van der Waals surface area contributed by atoms with E-state index in [1.54, 1.807) is 6.07 Å². The fraction of sp³-hybridized carbons (Fsp3) is 0.538. The number of hydrogen-bond donors (Lipinski definition) is 2. The van der Waals surface area contributed by atoms with E-state index >= 15 is 0 Å². The number of benzene rings is 1. The Labute approximate surface area is 113 Å². The van der Waals surface area contributed by atoms with Gasteiger partial charge in [-0.05, 0) is 29.7 Å². The normalized spacial score (nSPS) is 17.7. The second kappa shape index (κ2) is 6.48. The molecule has 0 aliphatic carbocycles. The zero-order chi connectivity index (χ0) is 13.8. The Morgan fingerprint density at radius 2 is 1.74 bits per heavy atom. The lowest BCUT2D eigenvalue weighted by Gasteiger charge is -2.34. The predicted octanol–water partition coefficient (Wildman–Crippen LogP) is -0.357. The van der Waals surface area contributed by atoms with Gasteiger partial charge in [0.2, 0.25) is 0 Å². The van der Waals surface area contributed by atoms with Crippen LogP contribution in [0.25, 0.3) is 0 Å². The molecular formula is C13H20BFN2O2. The van der Waals surface area contributed by atoms with Crippen LogP contribution >= 0.6 is 0 Å². The van der Waals surface area contributed by atoms with Gasteiger partial charge in [0.25, 0.3) is 0 Å². The summed E-state index contributed by atoms with van der Waals surface area (Å²) in [6.45, 7) is 7.84. The SMILES string of the molecule is CCN1CCN(Cc2cc(F)cc(B(O)O)c2)CC1. The lowest BCUT2D eigenvalue weighted by Crippen LogP contribution is -2.45. The molecule has 2 N–H and O–H groups in total. The van der Waals surface area contributed by atoms with Crippen molar-refractivity contribution >= 4 is 12.6 Å². The molecule has 0 bridgehead atoms. The molecule has 0 radical (unpaired) electrons. The average molecular weight is 266 g/mol. The van der Waals surface area contributed by atoms with Gasteiger partial charge >= 0.3 is 7.12 Å². The minimum Gasteiger partial charge on any atom is -0.423 e. The molecule has 19 heavy (non-hydrogen) atoms. The first-order valence-electron chi connectivity index (χ1n) is 6.68. The highest BCUT2D eigenvalue weighted by Crippen LogP contribution is 2.09. The third-order valence-electron chi connectivity index (χ3n) is 3.60. The molecule has 1 saturated heterocycles. The van der Waals surface area contributed by atoms with E-state index in [-0.39, 0.29) is 5.46 Å². The van der Waals surface area contributed by atoms with E-state index in [0.717, 1.165) is 44.4 Å². The third kappa shape index (κ3) is 4.01. The van der Waals surface area contributed by atoms with Crippen molar-refractivity contribution in [2.45, 2.75) is 13.5 Å². The molecule has 0 aromatic heterocycles. The quantitative estimate of drug-likeness (QED) is 0.731. The second-order valence-electron chi connectivity index (χ2n) is 4.98. The van der Waals surface area contributed by atoms with Crippen molar-refractivity contribution in [2.75, 3.05) is 32.7 Å². The highest BCUT2D eigenvalue weighted by molar-refractivity contribution is 6.58. The topological polar surface area (TPSA) is 46.9 Å². The van der Waals surface area contributed by atoms with E-state index in [9.17, 15) is 4.39 Å². The van der Waals surface area contributed by atoms with E-state index in [4.69, 9.17) is 10.0 Å². The Kier molecular flexibility index (Phi) is 4.93. The number of nitrogens with zero attached hydrogens (tertiary/aromatic N) is 2. The minimum absolute atomic E-state index is 0.210. The van der Waals surface area contributed by atoms with Crippen molar-refractivity contribution in [1.82, 2.24) is 9.80 Å². The first kappa shape index (κ1) is 14.5. The summed E-state index contributed by atoms with van der Waals surface area (Å²) in [6.07, 6.45) is 0. The summed E-state index contributed by atoms with van der Waals surface area (Å²) in [4.78, 5) is 4.64. The fourth-order valence-electron chi connectivity index (χ4n) is 2.44. The van der Waals surface area contributed by atoms with Crippen LogP contribution in [0, 0.1) is 5.82 Å². The molecule has 1 aromatic rings. The molecule has 1 aliphatic rings. The van der Waals surface area contributed by atoms with E-state index in [2.05, 4.69) is 16.7 Å². The summed E-state index contributed by atoms with van der Waals surface area (Å²) in [5.41, 5.74) is 0.996. The van der Waals surface area contributed by atoms with E-state index < -0.39 is 12.9 Å².